The zero-order valence-corrected chi connectivity index (χ0v) is 10.1. The average Bonchev–Trinajstić information content (AvgIpc) is 2.21. The molecule has 8 heteroatoms. The highest BCUT2D eigenvalue weighted by atomic mass is 19.4. The minimum Gasteiger partial charge on any atom is -0.463 e. The van der Waals surface area contributed by atoms with Crippen LogP contribution in [-0.2, 0) is 0 Å². The normalized spacial score (nSPS) is 13.2. The number of hydrogen-bond donors (Lipinski definition) is 2. The molecule has 0 saturated heterocycles. The van der Waals surface area contributed by atoms with Crippen molar-refractivity contribution in [3.63, 3.8) is 0 Å². The molecule has 1 unspecified atom stereocenters. The number of aromatic nitrogens is 2. The van der Waals surface area contributed by atoms with E-state index in [1.165, 1.54) is 0 Å². The number of rotatable bonds is 3. The van der Waals surface area contributed by atoms with E-state index in [1.54, 1.807) is 13.8 Å². The Morgan fingerprint density at radius 1 is 1.33 bits per heavy atom. The van der Waals surface area contributed by atoms with Gasteiger partial charge in [-0.3, -0.25) is 5.41 Å². The number of nitrogens with zero attached hydrogens (tertiary/aromatic N) is 2. The van der Waals surface area contributed by atoms with Gasteiger partial charge in [0.15, 0.2) is 6.10 Å². The van der Waals surface area contributed by atoms with Crippen LogP contribution < -0.4 is 10.5 Å². The van der Waals surface area contributed by atoms with Crippen LogP contribution in [0.4, 0.5) is 13.2 Å². The highest BCUT2D eigenvalue weighted by Gasteiger charge is 2.39. The predicted octanol–water partition coefficient (Wildman–Crippen LogP) is 1.71. The highest BCUT2D eigenvalue weighted by molar-refractivity contribution is 5.98. The van der Waals surface area contributed by atoms with Crippen LogP contribution in [0.3, 0.4) is 0 Å². The van der Waals surface area contributed by atoms with Crippen molar-refractivity contribution in [1.29, 1.82) is 5.41 Å². The Bertz CT molecular complexity index is 473. The van der Waals surface area contributed by atoms with Crippen LogP contribution in [-0.4, -0.2) is 28.3 Å². The van der Waals surface area contributed by atoms with Gasteiger partial charge in [-0.05, 0) is 26.3 Å². The van der Waals surface area contributed by atoms with Gasteiger partial charge >= 0.3 is 6.18 Å². The van der Waals surface area contributed by atoms with E-state index in [9.17, 15) is 13.2 Å². The fourth-order valence-corrected chi connectivity index (χ4v) is 1.22. The molecule has 1 heterocycles. The van der Waals surface area contributed by atoms with Gasteiger partial charge in [0.25, 0.3) is 0 Å². The lowest BCUT2D eigenvalue weighted by molar-refractivity contribution is -0.190. The van der Waals surface area contributed by atoms with E-state index in [-0.39, 0.29) is 11.4 Å². The van der Waals surface area contributed by atoms with E-state index in [4.69, 9.17) is 11.1 Å². The number of alkyl halides is 3. The molecule has 0 aliphatic rings. The Labute approximate surface area is 102 Å². The molecule has 0 radical (unpaired) electrons. The molecule has 1 aromatic rings. The zero-order valence-electron chi connectivity index (χ0n) is 10.1. The Morgan fingerprint density at radius 2 is 1.89 bits per heavy atom. The van der Waals surface area contributed by atoms with Gasteiger partial charge in [-0.1, -0.05) is 0 Å². The Kier molecular flexibility index (Phi) is 3.78. The molecule has 0 aromatic carbocycles. The second-order valence-electron chi connectivity index (χ2n) is 3.81. The predicted molar refractivity (Wildman–Crippen MR) is 58.7 cm³/mol. The molecule has 0 aliphatic heterocycles. The van der Waals surface area contributed by atoms with Crippen LogP contribution in [0, 0.1) is 19.3 Å². The summed E-state index contributed by atoms with van der Waals surface area (Å²) in [5, 5.41) is 14.5. The maximum Gasteiger partial charge on any atom is 0.425 e. The molecule has 1 atom stereocenters. The summed E-state index contributed by atoms with van der Waals surface area (Å²) in [6.07, 6.45) is -6.57. The second-order valence-corrected chi connectivity index (χ2v) is 3.81. The van der Waals surface area contributed by atoms with Gasteiger partial charge in [0.2, 0.25) is 5.88 Å². The maximum absolute atomic E-state index is 12.4. The summed E-state index contributed by atoms with van der Waals surface area (Å²) in [6, 6.07) is 0. The van der Waals surface area contributed by atoms with Crippen molar-refractivity contribution < 1.29 is 17.9 Å². The first-order valence-electron chi connectivity index (χ1n) is 5.06. The quantitative estimate of drug-likeness (QED) is 0.641. The molecule has 1 aromatic heterocycles. The smallest absolute Gasteiger partial charge is 0.425 e. The standard InChI is InChI=1S/C10H13F3N4O/c1-4-5(2)16-17-9(7(4)8(14)15)18-6(3)10(11,12)13/h6H,1-3H3,(H3,14,15). The van der Waals surface area contributed by atoms with Crippen molar-refractivity contribution in [3.05, 3.63) is 16.8 Å². The number of aryl methyl sites for hydroxylation is 1. The van der Waals surface area contributed by atoms with Crippen LogP contribution in [0.2, 0.25) is 0 Å². The van der Waals surface area contributed by atoms with Crippen LogP contribution in [0.15, 0.2) is 0 Å². The summed E-state index contributed by atoms with van der Waals surface area (Å²) in [6.45, 7) is 4.05. The van der Waals surface area contributed by atoms with Crippen LogP contribution >= 0.6 is 0 Å². The molecule has 100 valence electrons. The molecule has 0 saturated carbocycles. The van der Waals surface area contributed by atoms with E-state index >= 15 is 0 Å². The molecule has 0 spiro atoms. The van der Waals surface area contributed by atoms with Gasteiger partial charge in [0.1, 0.15) is 5.84 Å². The van der Waals surface area contributed by atoms with Crippen LogP contribution in [0.1, 0.15) is 23.7 Å². The molecule has 3 N–H and O–H groups in total. The molecule has 0 aliphatic carbocycles. The van der Waals surface area contributed by atoms with Gasteiger partial charge in [0, 0.05) is 0 Å². The Hall–Kier alpha value is -1.86. The number of nitrogens with two attached hydrogens (primary N) is 1. The van der Waals surface area contributed by atoms with Crippen LogP contribution in [0.25, 0.3) is 0 Å². The van der Waals surface area contributed by atoms with Gasteiger partial charge in [0.05, 0.1) is 11.3 Å². The Morgan fingerprint density at radius 3 is 2.33 bits per heavy atom. The summed E-state index contributed by atoms with van der Waals surface area (Å²) in [5.41, 5.74) is 6.32. The summed E-state index contributed by atoms with van der Waals surface area (Å²) < 4.78 is 41.9. The zero-order chi connectivity index (χ0) is 14.1. The van der Waals surface area contributed by atoms with Crippen molar-refractivity contribution in [3.8, 4) is 5.88 Å². The van der Waals surface area contributed by atoms with Crippen molar-refractivity contribution in [2.45, 2.75) is 33.1 Å². The summed E-state index contributed by atoms with van der Waals surface area (Å²) in [7, 11) is 0. The van der Waals surface area contributed by atoms with E-state index in [2.05, 4.69) is 14.9 Å². The number of hydrogen-bond acceptors (Lipinski definition) is 4. The molecule has 18 heavy (non-hydrogen) atoms. The SMILES string of the molecule is Cc1nnc(OC(C)C(F)(F)F)c(C(=N)N)c1C. The number of nitrogen functional groups attached to an aromatic ring is 1. The molecule has 0 amide bonds. The first kappa shape index (κ1) is 14.2. The van der Waals surface area contributed by atoms with E-state index in [1.807, 2.05) is 0 Å². The second kappa shape index (κ2) is 4.79. The lowest BCUT2D eigenvalue weighted by Crippen LogP contribution is -2.32. The number of ether oxygens (including phenoxy) is 1. The van der Waals surface area contributed by atoms with Crippen molar-refractivity contribution in [2.75, 3.05) is 0 Å². The van der Waals surface area contributed by atoms with Crippen molar-refractivity contribution >= 4 is 5.84 Å². The van der Waals surface area contributed by atoms with Crippen molar-refractivity contribution in [1.82, 2.24) is 10.2 Å². The minimum absolute atomic E-state index is 0.0404. The summed E-state index contributed by atoms with van der Waals surface area (Å²) in [4.78, 5) is 0. The Balaban J connectivity index is 3.18. The number of halogens is 3. The van der Waals surface area contributed by atoms with Gasteiger partial charge in [-0.25, -0.2) is 0 Å². The number of amidine groups is 1. The first-order valence-corrected chi connectivity index (χ1v) is 5.06. The third kappa shape index (κ3) is 2.88. The fourth-order valence-electron chi connectivity index (χ4n) is 1.22. The van der Waals surface area contributed by atoms with E-state index in [0.29, 0.717) is 11.3 Å². The van der Waals surface area contributed by atoms with Gasteiger partial charge < -0.3 is 10.5 Å². The molecule has 5 nitrogen and oxygen atoms in total. The molecule has 0 bridgehead atoms. The maximum atomic E-state index is 12.4. The van der Waals surface area contributed by atoms with Gasteiger partial charge in [-0.2, -0.15) is 18.3 Å². The average molecular weight is 262 g/mol. The molecular weight excluding hydrogens is 249 g/mol. The topological polar surface area (TPSA) is 84.9 Å². The van der Waals surface area contributed by atoms with Crippen molar-refractivity contribution in [2.24, 2.45) is 5.73 Å². The van der Waals surface area contributed by atoms with E-state index < -0.39 is 18.1 Å². The monoisotopic (exact) mass is 262 g/mol. The third-order valence-corrected chi connectivity index (χ3v) is 2.44. The third-order valence-electron chi connectivity index (χ3n) is 2.44. The van der Waals surface area contributed by atoms with E-state index in [0.717, 1.165) is 6.92 Å². The molecule has 0 fully saturated rings. The summed E-state index contributed by atoms with van der Waals surface area (Å²) in [5.74, 6) is -0.787. The fraction of sp³-hybridized carbons (Fsp3) is 0.500. The number of nitrogens with one attached hydrogen (secondary N) is 1. The highest BCUT2D eigenvalue weighted by Crippen LogP contribution is 2.27. The first-order chi connectivity index (χ1) is 8.14. The lowest BCUT2D eigenvalue weighted by Gasteiger charge is -2.19. The van der Waals surface area contributed by atoms with Gasteiger partial charge in [-0.15, -0.1) is 5.10 Å². The largest absolute Gasteiger partial charge is 0.463 e. The van der Waals surface area contributed by atoms with Crippen LogP contribution in [0.5, 0.6) is 5.88 Å². The molecule has 1 rings (SSSR count). The molecular formula is C10H13F3N4O. The lowest BCUT2D eigenvalue weighted by atomic mass is 10.1. The summed E-state index contributed by atoms with van der Waals surface area (Å²) >= 11 is 0. The minimum atomic E-state index is -4.52.